The van der Waals surface area contributed by atoms with Gasteiger partial charge in [-0.2, -0.15) is 13.2 Å². The summed E-state index contributed by atoms with van der Waals surface area (Å²) in [4.78, 5) is 12.5. The van der Waals surface area contributed by atoms with Crippen LogP contribution >= 0.6 is 0 Å². The lowest BCUT2D eigenvalue weighted by molar-refractivity contribution is -0.137. The Morgan fingerprint density at radius 3 is 2.26 bits per heavy atom. The van der Waals surface area contributed by atoms with Gasteiger partial charge in [-0.1, -0.05) is 18.2 Å². The van der Waals surface area contributed by atoms with Crippen LogP contribution in [0.5, 0.6) is 0 Å². The van der Waals surface area contributed by atoms with Gasteiger partial charge in [0.15, 0.2) is 0 Å². The van der Waals surface area contributed by atoms with E-state index in [-0.39, 0.29) is 17.4 Å². The smallest absolute Gasteiger partial charge is 0.324 e. The van der Waals surface area contributed by atoms with E-state index in [1.54, 1.807) is 42.7 Å². The molecule has 0 amide bonds. The Hall–Kier alpha value is -3.83. The number of hydrogen-bond acceptors (Lipinski definition) is 6. The van der Waals surface area contributed by atoms with Gasteiger partial charge in [0.25, 0.3) is 0 Å². The number of rotatable bonds is 7. The minimum atomic E-state index is -4.41. The Kier molecular flexibility index (Phi) is 6.57. The molecule has 174 valence electrons. The number of sulfonamides is 1. The van der Waals surface area contributed by atoms with Crippen LogP contribution in [0.2, 0.25) is 0 Å². The summed E-state index contributed by atoms with van der Waals surface area (Å²) in [5.41, 5.74) is 1.46. The third-order valence-electron chi connectivity index (χ3n) is 4.77. The lowest BCUT2D eigenvalue weighted by atomic mass is 10.1. The van der Waals surface area contributed by atoms with Crippen LogP contribution in [-0.2, 0) is 22.7 Å². The molecule has 0 saturated heterocycles. The molecule has 0 fully saturated rings. The van der Waals surface area contributed by atoms with E-state index < -0.39 is 21.8 Å². The number of hydrogen-bond donors (Lipinski definition) is 2. The van der Waals surface area contributed by atoms with E-state index in [9.17, 15) is 21.6 Å². The van der Waals surface area contributed by atoms with Gasteiger partial charge in [-0.05, 0) is 54.1 Å². The molecule has 4 aromatic rings. The second-order valence-electron chi connectivity index (χ2n) is 7.18. The molecule has 34 heavy (non-hydrogen) atoms. The van der Waals surface area contributed by atoms with Crippen LogP contribution in [0, 0.1) is 0 Å². The molecule has 11 heteroatoms. The fraction of sp³-hybridized carbons (Fsp3) is 0.0870. The first-order valence-electron chi connectivity index (χ1n) is 9.97. The second kappa shape index (κ2) is 9.57. The SMILES string of the molecule is O=S(=O)(NCc1cccnc1)c1ccc(Nc2nccc(-c3ccc(C(F)(F)F)cc3)n2)cc1. The molecule has 2 aromatic carbocycles. The third-order valence-corrected chi connectivity index (χ3v) is 6.19. The molecule has 0 radical (unpaired) electrons. The standard InChI is InChI=1S/C23H18F3N5O2S/c24-23(25,26)18-5-3-17(4-6-18)21-11-13-28-22(31-21)30-19-7-9-20(10-8-19)34(32,33)29-15-16-2-1-12-27-14-16/h1-14,29H,15H2,(H,28,30,31). The molecule has 2 N–H and O–H groups in total. The van der Waals surface area contributed by atoms with Crippen LogP contribution in [0.15, 0.2) is 90.2 Å². The number of alkyl halides is 3. The van der Waals surface area contributed by atoms with Gasteiger partial charge in [0, 0.05) is 36.4 Å². The zero-order valence-corrected chi connectivity index (χ0v) is 18.3. The molecule has 2 heterocycles. The quantitative estimate of drug-likeness (QED) is 0.391. The molecule has 0 atom stereocenters. The Morgan fingerprint density at radius 2 is 1.62 bits per heavy atom. The maximum atomic E-state index is 12.8. The minimum Gasteiger partial charge on any atom is -0.324 e. The van der Waals surface area contributed by atoms with Gasteiger partial charge in [0.05, 0.1) is 16.2 Å². The number of aromatic nitrogens is 3. The fourth-order valence-electron chi connectivity index (χ4n) is 3.02. The van der Waals surface area contributed by atoms with Gasteiger partial charge in [-0.15, -0.1) is 0 Å². The largest absolute Gasteiger partial charge is 0.416 e. The first-order chi connectivity index (χ1) is 16.2. The summed E-state index contributed by atoms with van der Waals surface area (Å²) >= 11 is 0. The van der Waals surface area contributed by atoms with Crippen molar-refractivity contribution in [2.75, 3.05) is 5.32 Å². The fourth-order valence-corrected chi connectivity index (χ4v) is 4.04. The number of benzene rings is 2. The highest BCUT2D eigenvalue weighted by Gasteiger charge is 2.30. The molecule has 7 nitrogen and oxygen atoms in total. The third kappa shape index (κ3) is 5.74. The zero-order chi connectivity index (χ0) is 24.2. The lowest BCUT2D eigenvalue weighted by Crippen LogP contribution is -2.23. The topological polar surface area (TPSA) is 96.9 Å². The maximum Gasteiger partial charge on any atom is 0.416 e. The Balaban J connectivity index is 1.44. The van der Waals surface area contributed by atoms with E-state index in [0.717, 1.165) is 17.7 Å². The highest BCUT2D eigenvalue weighted by Crippen LogP contribution is 2.30. The van der Waals surface area contributed by atoms with Crippen molar-refractivity contribution in [3.63, 3.8) is 0 Å². The summed E-state index contributed by atoms with van der Waals surface area (Å²) in [6.45, 7) is 0.112. The van der Waals surface area contributed by atoms with E-state index in [2.05, 4.69) is 25.0 Å². The van der Waals surface area contributed by atoms with E-state index >= 15 is 0 Å². The number of nitrogens with one attached hydrogen (secondary N) is 2. The summed E-state index contributed by atoms with van der Waals surface area (Å²) in [6.07, 6.45) is 0.245. The van der Waals surface area contributed by atoms with E-state index in [0.29, 0.717) is 16.9 Å². The number of halogens is 3. The van der Waals surface area contributed by atoms with Gasteiger partial charge in [0.1, 0.15) is 0 Å². The Labute approximate surface area is 193 Å². The van der Waals surface area contributed by atoms with Crippen LogP contribution in [0.1, 0.15) is 11.1 Å². The van der Waals surface area contributed by atoms with Crippen molar-refractivity contribution in [2.24, 2.45) is 0 Å². The maximum absolute atomic E-state index is 12.8. The van der Waals surface area contributed by atoms with Crippen LogP contribution in [0.3, 0.4) is 0 Å². The van der Waals surface area contributed by atoms with E-state index in [1.165, 1.54) is 30.5 Å². The van der Waals surface area contributed by atoms with Gasteiger partial charge in [0.2, 0.25) is 16.0 Å². The van der Waals surface area contributed by atoms with Crippen LogP contribution < -0.4 is 10.0 Å². The molecule has 4 rings (SSSR count). The molecule has 0 saturated carbocycles. The first kappa shape index (κ1) is 23.3. The first-order valence-corrected chi connectivity index (χ1v) is 11.5. The van der Waals surface area contributed by atoms with E-state index in [4.69, 9.17) is 0 Å². The summed E-state index contributed by atoms with van der Waals surface area (Å²) in [7, 11) is -3.72. The molecule has 0 bridgehead atoms. The Bertz CT molecular complexity index is 1360. The van der Waals surface area contributed by atoms with Crippen LogP contribution in [0.4, 0.5) is 24.8 Å². The number of anilines is 2. The monoisotopic (exact) mass is 485 g/mol. The van der Waals surface area contributed by atoms with Gasteiger partial charge in [-0.25, -0.2) is 23.1 Å². The lowest BCUT2D eigenvalue weighted by Gasteiger charge is -2.10. The summed E-state index contributed by atoms with van der Waals surface area (Å²) in [6, 6.07) is 15.7. The van der Waals surface area contributed by atoms with Crippen LogP contribution in [0.25, 0.3) is 11.3 Å². The van der Waals surface area contributed by atoms with Gasteiger partial charge in [-0.3, -0.25) is 4.98 Å². The van der Waals surface area contributed by atoms with Gasteiger partial charge >= 0.3 is 6.18 Å². The summed E-state index contributed by atoms with van der Waals surface area (Å²) in [5.74, 6) is 0.211. The minimum absolute atomic E-state index is 0.0846. The highest BCUT2D eigenvalue weighted by atomic mass is 32.2. The molecule has 0 spiro atoms. The number of pyridine rings is 1. The molecule has 0 aliphatic heterocycles. The molecule has 0 unspecified atom stereocenters. The summed E-state index contributed by atoms with van der Waals surface area (Å²) in [5, 5.41) is 2.96. The molecule has 0 aliphatic rings. The van der Waals surface area contributed by atoms with Crippen LogP contribution in [-0.4, -0.2) is 23.4 Å². The van der Waals surface area contributed by atoms with Crippen molar-refractivity contribution in [3.05, 3.63) is 96.4 Å². The van der Waals surface area contributed by atoms with Crippen molar-refractivity contribution in [1.29, 1.82) is 0 Å². The van der Waals surface area contributed by atoms with Crippen molar-refractivity contribution in [3.8, 4) is 11.3 Å². The Morgan fingerprint density at radius 1 is 0.882 bits per heavy atom. The molecule has 2 aromatic heterocycles. The molecule has 0 aliphatic carbocycles. The van der Waals surface area contributed by atoms with Crippen molar-refractivity contribution >= 4 is 21.7 Å². The normalized spacial score (nSPS) is 11.9. The zero-order valence-electron chi connectivity index (χ0n) is 17.5. The number of nitrogens with zero attached hydrogens (tertiary/aromatic N) is 3. The van der Waals surface area contributed by atoms with Crippen molar-refractivity contribution in [1.82, 2.24) is 19.7 Å². The predicted molar refractivity (Wildman–Crippen MR) is 120 cm³/mol. The summed E-state index contributed by atoms with van der Waals surface area (Å²) < 4.78 is 65.9. The molecular weight excluding hydrogens is 467 g/mol. The average molecular weight is 485 g/mol. The van der Waals surface area contributed by atoms with E-state index in [1.807, 2.05) is 0 Å². The average Bonchev–Trinajstić information content (AvgIpc) is 2.84. The van der Waals surface area contributed by atoms with Crippen molar-refractivity contribution in [2.45, 2.75) is 17.6 Å². The highest BCUT2D eigenvalue weighted by molar-refractivity contribution is 7.89. The van der Waals surface area contributed by atoms with Gasteiger partial charge < -0.3 is 5.32 Å². The predicted octanol–water partition coefficient (Wildman–Crippen LogP) is 4.78. The van der Waals surface area contributed by atoms with Crippen molar-refractivity contribution < 1.29 is 21.6 Å². The molecular formula is C23H18F3N5O2S. The second-order valence-corrected chi connectivity index (χ2v) is 8.94.